The number of anilines is 3. The van der Waals surface area contributed by atoms with Gasteiger partial charge in [-0.25, -0.2) is 9.97 Å². The third-order valence-electron chi connectivity index (χ3n) is 3.86. The van der Waals surface area contributed by atoms with Gasteiger partial charge in [-0.3, -0.25) is 25.8 Å². The van der Waals surface area contributed by atoms with Crippen LogP contribution in [0.5, 0.6) is 0 Å². The average molecular weight is 433 g/mol. The SMILES string of the molecule is Cc1cc(Cl)ccc1Nc1ncnc(NNC(=O)c2ccccc2Cl)c1[N+](=O)[O-]. The zero-order chi connectivity index (χ0) is 21.0. The highest BCUT2D eigenvalue weighted by Crippen LogP contribution is 2.32. The van der Waals surface area contributed by atoms with Crippen LogP contribution in [0.4, 0.5) is 23.0 Å². The lowest BCUT2D eigenvalue weighted by Crippen LogP contribution is -2.30. The minimum absolute atomic E-state index is 0.0510. The molecule has 9 nitrogen and oxygen atoms in total. The second-order valence-corrected chi connectivity index (χ2v) is 6.66. The highest BCUT2D eigenvalue weighted by atomic mass is 35.5. The second-order valence-electron chi connectivity index (χ2n) is 5.82. The van der Waals surface area contributed by atoms with E-state index in [2.05, 4.69) is 26.1 Å². The predicted octanol–water partition coefficient (Wildman–Crippen LogP) is 4.50. The summed E-state index contributed by atoms with van der Waals surface area (Å²) >= 11 is 11.9. The minimum atomic E-state index is -0.655. The van der Waals surface area contributed by atoms with Crippen LogP contribution < -0.4 is 16.2 Å². The molecule has 0 bridgehead atoms. The first-order valence-corrected chi connectivity index (χ1v) is 8.96. The number of nitro groups is 1. The quantitative estimate of drug-likeness (QED) is 0.386. The first-order valence-electron chi connectivity index (χ1n) is 8.20. The van der Waals surface area contributed by atoms with Gasteiger partial charge in [-0.15, -0.1) is 0 Å². The molecule has 0 unspecified atom stereocenters. The van der Waals surface area contributed by atoms with Gasteiger partial charge in [-0.05, 0) is 42.8 Å². The van der Waals surface area contributed by atoms with Crippen molar-refractivity contribution < 1.29 is 9.72 Å². The molecule has 0 saturated heterocycles. The first-order chi connectivity index (χ1) is 13.9. The Bertz CT molecular complexity index is 1090. The van der Waals surface area contributed by atoms with Crippen LogP contribution in [0.15, 0.2) is 48.8 Å². The number of benzene rings is 2. The van der Waals surface area contributed by atoms with Crippen LogP contribution in [0.25, 0.3) is 0 Å². The predicted molar refractivity (Wildman–Crippen MR) is 111 cm³/mol. The van der Waals surface area contributed by atoms with Crippen molar-refractivity contribution in [1.29, 1.82) is 0 Å². The van der Waals surface area contributed by atoms with Crippen LogP contribution in [0.1, 0.15) is 15.9 Å². The highest BCUT2D eigenvalue weighted by molar-refractivity contribution is 6.33. The molecular formula is C18H14Cl2N6O3. The lowest BCUT2D eigenvalue weighted by Gasteiger charge is -2.12. The van der Waals surface area contributed by atoms with Crippen molar-refractivity contribution in [1.82, 2.24) is 15.4 Å². The van der Waals surface area contributed by atoms with Gasteiger partial charge >= 0.3 is 5.69 Å². The maximum absolute atomic E-state index is 12.3. The van der Waals surface area contributed by atoms with Gasteiger partial charge in [0.15, 0.2) is 0 Å². The smallest absolute Gasteiger partial charge is 0.334 e. The van der Waals surface area contributed by atoms with Crippen molar-refractivity contribution in [2.75, 3.05) is 10.7 Å². The normalized spacial score (nSPS) is 10.3. The van der Waals surface area contributed by atoms with Crippen LogP contribution >= 0.6 is 23.2 Å². The topological polar surface area (TPSA) is 122 Å². The molecule has 1 heterocycles. The number of rotatable bonds is 6. The first kappa shape index (κ1) is 20.3. The summed E-state index contributed by atoms with van der Waals surface area (Å²) in [6.07, 6.45) is 1.13. The summed E-state index contributed by atoms with van der Waals surface area (Å²) in [6, 6.07) is 11.4. The molecule has 0 aliphatic heterocycles. The van der Waals surface area contributed by atoms with E-state index >= 15 is 0 Å². The molecular weight excluding hydrogens is 419 g/mol. The lowest BCUT2D eigenvalue weighted by molar-refractivity contribution is -0.383. The molecule has 3 rings (SSSR count). The van der Waals surface area contributed by atoms with Crippen molar-refractivity contribution in [2.45, 2.75) is 6.92 Å². The molecule has 11 heteroatoms. The van der Waals surface area contributed by atoms with Crippen molar-refractivity contribution in [3.8, 4) is 0 Å². The Labute approximate surface area is 175 Å². The second kappa shape index (κ2) is 8.72. The van der Waals surface area contributed by atoms with Crippen molar-refractivity contribution in [3.63, 3.8) is 0 Å². The number of aryl methyl sites for hydroxylation is 1. The van der Waals surface area contributed by atoms with Crippen molar-refractivity contribution in [3.05, 3.63) is 80.1 Å². The Hall–Kier alpha value is -3.43. The molecule has 2 aromatic carbocycles. The molecule has 1 amide bonds. The Balaban J connectivity index is 1.86. The molecule has 0 aliphatic carbocycles. The average Bonchev–Trinajstić information content (AvgIpc) is 2.68. The fourth-order valence-corrected chi connectivity index (χ4v) is 2.91. The molecule has 3 aromatic rings. The molecule has 0 fully saturated rings. The number of hydrogen-bond donors (Lipinski definition) is 3. The summed E-state index contributed by atoms with van der Waals surface area (Å²) in [5.41, 5.74) is 5.92. The highest BCUT2D eigenvalue weighted by Gasteiger charge is 2.24. The molecule has 1 aromatic heterocycles. The Kier molecular flexibility index (Phi) is 6.10. The van der Waals surface area contributed by atoms with Gasteiger partial charge in [0.25, 0.3) is 5.91 Å². The van der Waals surface area contributed by atoms with E-state index in [0.717, 1.165) is 11.9 Å². The van der Waals surface area contributed by atoms with E-state index in [1.54, 1.807) is 43.3 Å². The zero-order valence-electron chi connectivity index (χ0n) is 14.9. The van der Waals surface area contributed by atoms with E-state index in [0.29, 0.717) is 10.7 Å². The van der Waals surface area contributed by atoms with Gasteiger partial charge in [-0.2, -0.15) is 0 Å². The number of nitrogens with zero attached hydrogens (tertiary/aromatic N) is 3. The maximum atomic E-state index is 12.3. The molecule has 148 valence electrons. The van der Waals surface area contributed by atoms with Crippen LogP contribution in [-0.2, 0) is 0 Å². The van der Waals surface area contributed by atoms with Crippen LogP contribution in [0, 0.1) is 17.0 Å². The Morgan fingerprint density at radius 1 is 1.10 bits per heavy atom. The maximum Gasteiger partial charge on any atom is 0.355 e. The number of hydrogen-bond acceptors (Lipinski definition) is 7. The minimum Gasteiger partial charge on any atom is -0.334 e. The van der Waals surface area contributed by atoms with Gasteiger partial charge in [0.2, 0.25) is 11.6 Å². The Morgan fingerprint density at radius 3 is 2.52 bits per heavy atom. The zero-order valence-corrected chi connectivity index (χ0v) is 16.5. The van der Waals surface area contributed by atoms with Crippen molar-refractivity contribution >= 4 is 52.1 Å². The standard InChI is InChI=1S/C18H14Cl2N6O3/c1-10-8-11(19)6-7-14(10)23-16-15(26(28)29)17(22-9-21-16)24-25-18(27)12-4-2-3-5-13(12)20/h2-9H,1H3,(H,25,27)(H2,21,22,23,24). The lowest BCUT2D eigenvalue weighted by atomic mass is 10.2. The largest absolute Gasteiger partial charge is 0.355 e. The number of nitrogens with one attached hydrogen (secondary N) is 3. The number of aromatic nitrogens is 2. The van der Waals surface area contributed by atoms with Crippen molar-refractivity contribution in [2.24, 2.45) is 0 Å². The molecule has 0 spiro atoms. The summed E-state index contributed by atoms with van der Waals surface area (Å²) in [5, 5.41) is 15.3. The molecule has 0 saturated carbocycles. The van der Waals surface area contributed by atoms with Gasteiger partial charge in [0.1, 0.15) is 6.33 Å². The van der Waals surface area contributed by atoms with Gasteiger partial charge in [0, 0.05) is 10.7 Å². The summed E-state index contributed by atoms with van der Waals surface area (Å²) in [7, 11) is 0. The van der Waals surface area contributed by atoms with E-state index in [1.807, 2.05) is 0 Å². The molecule has 0 atom stereocenters. The summed E-state index contributed by atoms with van der Waals surface area (Å²) in [4.78, 5) is 31.1. The summed E-state index contributed by atoms with van der Waals surface area (Å²) < 4.78 is 0. The third-order valence-corrected chi connectivity index (χ3v) is 4.42. The number of halogens is 2. The number of hydrazine groups is 1. The van der Waals surface area contributed by atoms with E-state index in [9.17, 15) is 14.9 Å². The van der Waals surface area contributed by atoms with E-state index in [1.165, 1.54) is 6.07 Å². The van der Waals surface area contributed by atoms with Gasteiger partial charge < -0.3 is 5.32 Å². The molecule has 0 radical (unpaired) electrons. The van der Waals surface area contributed by atoms with E-state index in [4.69, 9.17) is 23.2 Å². The van der Waals surface area contributed by atoms with Crippen LogP contribution in [-0.4, -0.2) is 20.8 Å². The fraction of sp³-hybridized carbons (Fsp3) is 0.0556. The summed E-state index contributed by atoms with van der Waals surface area (Å²) in [5.74, 6) is -0.823. The third kappa shape index (κ3) is 4.71. The van der Waals surface area contributed by atoms with Gasteiger partial charge in [0.05, 0.1) is 15.5 Å². The van der Waals surface area contributed by atoms with Gasteiger partial charge in [-0.1, -0.05) is 35.3 Å². The molecule has 29 heavy (non-hydrogen) atoms. The van der Waals surface area contributed by atoms with Crippen LogP contribution in [0.2, 0.25) is 10.0 Å². The number of carbonyl (C=O) groups is 1. The fourth-order valence-electron chi connectivity index (χ4n) is 2.46. The monoisotopic (exact) mass is 432 g/mol. The molecule has 0 aliphatic rings. The van der Waals surface area contributed by atoms with E-state index in [-0.39, 0.29) is 22.2 Å². The Morgan fingerprint density at radius 2 is 1.83 bits per heavy atom. The molecule has 3 N–H and O–H groups in total. The van der Waals surface area contributed by atoms with Crippen LogP contribution in [0.3, 0.4) is 0 Å². The number of amides is 1. The van der Waals surface area contributed by atoms with E-state index < -0.39 is 16.5 Å². The number of carbonyl (C=O) groups excluding carboxylic acids is 1. The summed E-state index contributed by atoms with van der Waals surface area (Å²) in [6.45, 7) is 1.80.